The summed E-state index contributed by atoms with van der Waals surface area (Å²) in [5.74, 6) is 0.575. The quantitative estimate of drug-likeness (QED) is 0.103. The second-order valence-electron chi connectivity index (χ2n) is 8.16. The molecule has 0 aliphatic heterocycles. The number of thiazole rings is 2. The molecular weight excluding hydrogens is 492 g/mol. The lowest BCUT2D eigenvalue weighted by atomic mass is 10.1. The van der Waals surface area contributed by atoms with Crippen LogP contribution in [0.15, 0.2) is 33.1 Å². The number of hydrogen-bond donors (Lipinski definition) is 2. The highest BCUT2D eigenvalue weighted by Gasteiger charge is 2.08. The van der Waals surface area contributed by atoms with Crippen LogP contribution in [0.1, 0.15) is 61.4 Å². The maximum Gasteiger partial charge on any atom is 0.204 e. The summed E-state index contributed by atoms with van der Waals surface area (Å²) in [5.41, 5.74) is 12.0. The van der Waals surface area contributed by atoms with Gasteiger partial charge < -0.3 is 11.5 Å². The molecule has 2 rings (SSSR count). The van der Waals surface area contributed by atoms with Crippen LogP contribution in [0.3, 0.4) is 0 Å². The Hall–Kier alpha value is -3.22. The van der Waals surface area contributed by atoms with Crippen molar-refractivity contribution in [2.45, 2.75) is 64.2 Å². The summed E-state index contributed by atoms with van der Waals surface area (Å²) in [4.78, 5) is 20.1. The van der Waals surface area contributed by atoms with Gasteiger partial charge in [0, 0.05) is 62.2 Å². The lowest BCUT2D eigenvalue weighted by Gasteiger charge is -2.15. The minimum absolute atomic E-state index is 0.288. The zero-order chi connectivity index (χ0) is 25.8. The van der Waals surface area contributed by atoms with Gasteiger partial charge in [-0.05, 0) is 25.7 Å². The van der Waals surface area contributed by atoms with Gasteiger partial charge in [-0.25, -0.2) is 19.8 Å². The zero-order valence-corrected chi connectivity index (χ0v) is 22.4. The highest BCUT2D eigenvalue weighted by atomic mass is 32.1. The molecule has 0 aliphatic rings. The second kappa shape index (κ2) is 18.1. The van der Waals surface area contributed by atoms with Crippen LogP contribution in [0.5, 0.6) is 0 Å². The smallest absolute Gasteiger partial charge is 0.204 e. The van der Waals surface area contributed by atoms with E-state index in [4.69, 9.17) is 11.5 Å². The normalized spacial score (nSPS) is 11.7. The topological polar surface area (TPSA) is 157 Å². The number of guanidine groups is 2. The van der Waals surface area contributed by atoms with E-state index in [9.17, 15) is 10.5 Å². The summed E-state index contributed by atoms with van der Waals surface area (Å²) in [7, 11) is 0. The van der Waals surface area contributed by atoms with Gasteiger partial charge in [0.05, 0.1) is 10.0 Å². The SMILES string of the molecule is N#CN(CCCCCCCCN(C#N)C(N)=NCCCc1nccs1)C(N)=NCCCc1nccs1. The van der Waals surface area contributed by atoms with E-state index in [1.54, 1.807) is 35.1 Å². The lowest BCUT2D eigenvalue weighted by molar-refractivity contribution is 0.485. The Morgan fingerprint density at radius 2 is 1.14 bits per heavy atom. The summed E-state index contributed by atoms with van der Waals surface area (Å²) in [6.07, 6.45) is 17.3. The number of rotatable bonds is 17. The predicted molar refractivity (Wildman–Crippen MR) is 146 cm³/mol. The van der Waals surface area contributed by atoms with Gasteiger partial charge in [0.25, 0.3) is 0 Å². The van der Waals surface area contributed by atoms with Crippen molar-refractivity contribution in [1.29, 1.82) is 10.5 Å². The van der Waals surface area contributed by atoms with Gasteiger partial charge in [0.2, 0.25) is 11.9 Å². The molecule has 0 spiro atoms. The fraction of sp³-hybridized carbons (Fsp3) is 0.583. The van der Waals surface area contributed by atoms with Crippen molar-refractivity contribution in [3.63, 3.8) is 0 Å². The molecule has 0 radical (unpaired) electrons. The van der Waals surface area contributed by atoms with Crippen LogP contribution in [0.2, 0.25) is 0 Å². The number of nitrogens with two attached hydrogens (primary N) is 2. The summed E-state index contributed by atoms with van der Waals surface area (Å²) in [6, 6.07) is 0. The lowest BCUT2D eigenvalue weighted by Crippen LogP contribution is -2.34. The molecule has 2 aromatic rings. The van der Waals surface area contributed by atoms with Crippen molar-refractivity contribution in [3.8, 4) is 12.4 Å². The van der Waals surface area contributed by atoms with Crippen molar-refractivity contribution in [1.82, 2.24) is 19.8 Å². The average Bonchev–Trinajstić information content (AvgIpc) is 3.60. The highest BCUT2D eigenvalue weighted by molar-refractivity contribution is 7.09. The second-order valence-corrected chi connectivity index (χ2v) is 10.1. The van der Waals surface area contributed by atoms with E-state index in [0.29, 0.717) is 26.2 Å². The molecular formula is C24H36N10S2. The maximum atomic E-state index is 9.36. The summed E-state index contributed by atoms with van der Waals surface area (Å²) in [6.45, 7) is 2.34. The van der Waals surface area contributed by atoms with Crippen molar-refractivity contribution >= 4 is 34.6 Å². The van der Waals surface area contributed by atoms with Gasteiger partial charge in [-0.1, -0.05) is 25.7 Å². The molecule has 0 amide bonds. The molecule has 2 heterocycles. The molecule has 12 heteroatoms. The molecule has 36 heavy (non-hydrogen) atoms. The van der Waals surface area contributed by atoms with Crippen molar-refractivity contribution in [2.75, 3.05) is 26.2 Å². The molecule has 4 N–H and O–H groups in total. The number of aliphatic imine (C=N–C) groups is 2. The van der Waals surface area contributed by atoms with Gasteiger partial charge in [-0.3, -0.25) is 9.98 Å². The Balaban J connectivity index is 1.50. The van der Waals surface area contributed by atoms with Crippen molar-refractivity contribution in [3.05, 3.63) is 33.2 Å². The molecule has 0 aromatic carbocycles. The van der Waals surface area contributed by atoms with Crippen LogP contribution in [-0.4, -0.2) is 57.9 Å². The summed E-state index contributed by atoms with van der Waals surface area (Å²) >= 11 is 3.27. The van der Waals surface area contributed by atoms with Crippen LogP contribution >= 0.6 is 22.7 Å². The van der Waals surface area contributed by atoms with E-state index >= 15 is 0 Å². The first-order valence-electron chi connectivity index (χ1n) is 12.3. The Bertz CT molecular complexity index is 893. The molecule has 0 bridgehead atoms. The van der Waals surface area contributed by atoms with E-state index in [1.165, 1.54) is 9.80 Å². The Labute approximate surface area is 222 Å². The van der Waals surface area contributed by atoms with Gasteiger partial charge >= 0.3 is 0 Å². The molecule has 0 saturated heterocycles. The number of hydrogen-bond acceptors (Lipinski definition) is 8. The van der Waals surface area contributed by atoms with Gasteiger partial charge in [-0.2, -0.15) is 10.5 Å². The molecule has 194 valence electrons. The molecule has 0 unspecified atom stereocenters. The van der Waals surface area contributed by atoms with E-state index in [1.807, 2.05) is 10.8 Å². The van der Waals surface area contributed by atoms with Gasteiger partial charge in [0.15, 0.2) is 12.4 Å². The van der Waals surface area contributed by atoms with Crippen molar-refractivity contribution < 1.29 is 0 Å². The summed E-state index contributed by atoms with van der Waals surface area (Å²) in [5, 5.41) is 24.8. The van der Waals surface area contributed by atoms with Gasteiger partial charge in [-0.15, -0.1) is 22.7 Å². The van der Waals surface area contributed by atoms with Crippen LogP contribution in [0.4, 0.5) is 0 Å². The number of nitriles is 2. The maximum absolute atomic E-state index is 9.36. The third kappa shape index (κ3) is 12.0. The third-order valence-corrected chi connectivity index (χ3v) is 7.10. The Kier molecular flexibility index (Phi) is 14.6. The van der Waals surface area contributed by atoms with E-state index < -0.39 is 0 Å². The fourth-order valence-electron chi connectivity index (χ4n) is 3.45. The minimum Gasteiger partial charge on any atom is -0.369 e. The molecule has 0 fully saturated rings. The highest BCUT2D eigenvalue weighted by Crippen LogP contribution is 2.09. The number of nitrogens with zero attached hydrogens (tertiary/aromatic N) is 8. The third-order valence-electron chi connectivity index (χ3n) is 5.42. The molecule has 0 atom stereocenters. The molecule has 0 saturated carbocycles. The standard InChI is InChI=1S/C24H36N10S2/c25-19-33(23(27)31-11-7-9-21-29-13-17-35-21)15-5-3-1-2-4-6-16-34(20-26)24(28)32-12-8-10-22-30-14-18-36-22/h13-14,17-18H,1-12,15-16H2,(H2,27,31)(H2,28,32). The van der Waals surface area contributed by atoms with Crippen LogP contribution in [-0.2, 0) is 12.8 Å². The largest absolute Gasteiger partial charge is 0.369 e. The Morgan fingerprint density at radius 3 is 1.50 bits per heavy atom. The predicted octanol–water partition coefficient (Wildman–Crippen LogP) is 3.70. The summed E-state index contributed by atoms with van der Waals surface area (Å²) < 4.78 is 0. The average molecular weight is 529 g/mol. The van der Waals surface area contributed by atoms with E-state index in [2.05, 4.69) is 32.3 Å². The van der Waals surface area contributed by atoms with Crippen LogP contribution in [0.25, 0.3) is 0 Å². The van der Waals surface area contributed by atoms with Crippen LogP contribution in [0, 0.1) is 22.9 Å². The first-order valence-corrected chi connectivity index (χ1v) is 14.1. The van der Waals surface area contributed by atoms with Crippen molar-refractivity contribution in [2.24, 2.45) is 21.5 Å². The first kappa shape index (κ1) is 29.0. The molecule has 2 aromatic heterocycles. The number of aromatic nitrogens is 2. The fourth-order valence-corrected chi connectivity index (χ4v) is 4.78. The van der Waals surface area contributed by atoms with Crippen LogP contribution < -0.4 is 11.5 Å². The number of unbranched alkanes of at least 4 members (excludes halogenated alkanes) is 5. The molecule has 10 nitrogen and oxygen atoms in total. The molecule has 0 aliphatic carbocycles. The zero-order valence-electron chi connectivity index (χ0n) is 20.8. The monoisotopic (exact) mass is 528 g/mol. The minimum atomic E-state index is 0.288. The first-order chi connectivity index (χ1) is 17.6. The van der Waals surface area contributed by atoms with E-state index in [-0.39, 0.29) is 11.9 Å². The van der Waals surface area contributed by atoms with Gasteiger partial charge in [0.1, 0.15) is 0 Å². The Morgan fingerprint density at radius 1 is 0.722 bits per heavy atom. The van der Waals surface area contributed by atoms with E-state index in [0.717, 1.165) is 74.2 Å². The number of aryl methyl sites for hydroxylation is 2.